The van der Waals surface area contributed by atoms with Gasteiger partial charge in [0.25, 0.3) is 5.01 Å². The zero-order valence-corrected chi connectivity index (χ0v) is 30.9. The van der Waals surface area contributed by atoms with Gasteiger partial charge in [0, 0.05) is 11.5 Å². The Morgan fingerprint density at radius 3 is 2.61 bits per heavy atom. The first-order valence-corrected chi connectivity index (χ1v) is 18.6. The molecule has 1 aliphatic heterocycles. The third-order valence-electron chi connectivity index (χ3n) is 10.3. The Balaban J connectivity index is 1.15. The maximum absolute atomic E-state index is 6.48. The molecule has 49 heavy (non-hydrogen) atoms. The average Bonchev–Trinajstić information content (AvgIpc) is 3.56. The maximum atomic E-state index is 6.48. The van der Waals surface area contributed by atoms with E-state index in [0.29, 0.717) is 25.0 Å². The second-order valence-corrected chi connectivity index (χ2v) is 15.9. The third-order valence-corrected chi connectivity index (χ3v) is 11.4. The molecule has 3 aromatic carbocycles. The summed E-state index contributed by atoms with van der Waals surface area (Å²) in [5, 5.41) is 5.06. The van der Waals surface area contributed by atoms with Crippen molar-refractivity contribution in [2.45, 2.75) is 67.9 Å². The van der Waals surface area contributed by atoms with Crippen LogP contribution in [0.2, 0.25) is 0 Å². The molecule has 4 aromatic rings. The molecular weight excluding hydrogens is 621 g/mol. The summed E-state index contributed by atoms with van der Waals surface area (Å²) in [6.07, 6.45) is 18.4. The monoisotopic (exact) mass is 669 g/mol. The van der Waals surface area contributed by atoms with Crippen LogP contribution in [-0.4, -0.2) is 13.2 Å². The van der Waals surface area contributed by atoms with E-state index in [9.17, 15) is 0 Å². The lowest BCUT2D eigenvalue weighted by atomic mass is 9.75. The molecule has 0 bridgehead atoms. The number of rotatable bonds is 8. The number of allylic oxidation sites excluding steroid dienone is 6. The van der Waals surface area contributed by atoms with Crippen LogP contribution >= 0.6 is 11.3 Å². The first-order valence-electron chi connectivity index (χ1n) is 17.8. The van der Waals surface area contributed by atoms with Crippen LogP contribution in [0.1, 0.15) is 63.6 Å². The minimum absolute atomic E-state index is 0.183. The van der Waals surface area contributed by atoms with Gasteiger partial charge in [0.1, 0.15) is 23.4 Å². The van der Waals surface area contributed by atoms with Gasteiger partial charge in [0.05, 0.1) is 12.2 Å². The van der Waals surface area contributed by atoms with E-state index in [-0.39, 0.29) is 5.41 Å². The molecule has 5 heteroatoms. The molecular formula is C44H49N2O2S+. The normalized spacial score (nSPS) is 21.4. The van der Waals surface area contributed by atoms with Crippen LogP contribution in [-0.2, 0) is 6.54 Å². The summed E-state index contributed by atoms with van der Waals surface area (Å²) in [5.74, 6) is 3.78. The molecule has 0 amide bonds. The van der Waals surface area contributed by atoms with Crippen molar-refractivity contribution in [3.05, 3.63) is 122 Å². The van der Waals surface area contributed by atoms with Gasteiger partial charge in [-0.1, -0.05) is 99.7 Å². The van der Waals surface area contributed by atoms with E-state index in [1.165, 1.54) is 42.5 Å². The number of hydrogen-bond acceptors (Lipinski definition) is 4. The van der Waals surface area contributed by atoms with Crippen molar-refractivity contribution >= 4 is 46.0 Å². The SMILES string of the molecule is CC[n+]1c(C=C2C=C(C=CC=C3Oc4cc(C)c(C)cc4N3CCOc3cccc4ccccc34)CC(C)(C)C2)sc2c1=CC(C)C(C)C=2. The second kappa shape index (κ2) is 13.5. The van der Waals surface area contributed by atoms with Crippen molar-refractivity contribution in [2.75, 3.05) is 18.1 Å². The van der Waals surface area contributed by atoms with E-state index in [1.807, 2.05) is 11.3 Å². The van der Waals surface area contributed by atoms with Crippen LogP contribution < -0.4 is 28.8 Å². The summed E-state index contributed by atoms with van der Waals surface area (Å²) in [6, 6.07) is 19.0. The van der Waals surface area contributed by atoms with Crippen LogP contribution in [0, 0.1) is 31.1 Å². The van der Waals surface area contributed by atoms with E-state index >= 15 is 0 Å². The number of nitrogens with zero attached hydrogens (tertiary/aromatic N) is 2. The molecule has 0 radical (unpaired) electrons. The predicted molar refractivity (Wildman–Crippen MR) is 206 cm³/mol. The Bertz CT molecular complexity index is 2160. The fourth-order valence-corrected chi connectivity index (χ4v) is 8.72. The van der Waals surface area contributed by atoms with E-state index in [0.717, 1.165) is 47.8 Å². The molecule has 0 N–H and O–H groups in total. The number of hydrogen-bond donors (Lipinski definition) is 0. The number of fused-ring (bicyclic) bond motifs is 3. The summed E-state index contributed by atoms with van der Waals surface area (Å²) in [4.78, 5) is 2.25. The molecule has 2 aliphatic carbocycles. The highest BCUT2D eigenvalue weighted by atomic mass is 32.1. The highest BCUT2D eigenvalue weighted by molar-refractivity contribution is 7.10. The Kier molecular flexibility index (Phi) is 9.15. The summed E-state index contributed by atoms with van der Waals surface area (Å²) in [6.45, 7) is 18.2. The molecule has 1 aromatic heterocycles. The first-order chi connectivity index (χ1) is 23.6. The summed E-state index contributed by atoms with van der Waals surface area (Å²) in [5.41, 5.74) is 6.50. The molecule has 4 nitrogen and oxygen atoms in total. The molecule has 0 spiro atoms. The number of aromatic nitrogens is 1. The van der Waals surface area contributed by atoms with Gasteiger partial charge >= 0.3 is 0 Å². The lowest BCUT2D eigenvalue weighted by Crippen LogP contribution is -2.54. The minimum atomic E-state index is 0.183. The van der Waals surface area contributed by atoms with Gasteiger partial charge in [-0.3, -0.25) is 0 Å². The predicted octanol–water partition coefficient (Wildman–Crippen LogP) is 9.18. The van der Waals surface area contributed by atoms with Crippen molar-refractivity contribution in [3.8, 4) is 11.5 Å². The number of thiazole rings is 1. The quantitative estimate of drug-likeness (QED) is 0.175. The van der Waals surface area contributed by atoms with Gasteiger partial charge in [0.15, 0.2) is 5.75 Å². The van der Waals surface area contributed by atoms with E-state index < -0.39 is 0 Å². The molecule has 2 atom stereocenters. The fraction of sp³-hybridized carbons (Fsp3) is 0.341. The van der Waals surface area contributed by atoms with Crippen molar-refractivity contribution < 1.29 is 14.0 Å². The van der Waals surface area contributed by atoms with Gasteiger partial charge < -0.3 is 14.4 Å². The Morgan fingerprint density at radius 2 is 1.78 bits per heavy atom. The smallest absolute Gasteiger partial charge is 0.262 e. The Labute approximate surface area is 295 Å². The molecule has 0 saturated carbocycles. The lowest BCUT2D eigenvalue weighted by molar-refractivity contribution is -0.703. The van der Waals surface area contributed by atoms with Crippen LogP contribution in [0.15, 0.2) is 95.9 Å². The van der Waals surface area contributed by atoms with Gasteiger partial charge in [-0.05, 0) is 109 Å². The van der Waals surface area contributed by atoms with Crippen LogP contribution in [0.3, 0.4) is 0 Å². The first kappa shape index (κ1) is 33.2. The van der Waals surface area contributed by atoms with E-state index in [1.54, 1.807) is 0 Å². The number of benzene rings is 3. The van der Waals surface area contributed by atoms with Crippen molar-refractivity contribution in [2.24, 2.45) is 17.3 Å². The lowest BCUT2D eigenvalue weighted by Gasteiger charge is -2.30. The summed E-state index contributed by atoms with van der Waals surface area (Å²) in [7, 11) is 0. The summed E-state index contributed by atoms with van der Waals surface area (Å²) < 4.78 is 16.8. The molecule has 7 rings (SSSR count). The Morgan fingerprint density at radius 1 is 1.00 bits per heavy atom. The second-order valence-electron chi connectivity index (χ2n) is 14.8. The Hall–Kier alpha value is -4.35. The highest BCUT2D eigenvalue weighted by Gasteiger charge is 2.28. The van der Waals surface area contributed by atoms with Crippen molar-refractivity contribution in [1.29, 1.82) is 0 Å². The molecule has 2 unspecified atom stereocenters. The topological polar surface area (TPSA) is 25.6 Å². The van der Waals surface area contributed by atoms with Gasteiger partial charge in [-0.25, -0.2) is 0 Å². The number of anilines is 1. The molecule has 0 saturated heterocycles. The summed E-state index contributed by atoms with van der Waals surface area (Å²) >= 11 is 1.93. The maximum Gasteiger partial charge on any atom is 0.262 e. The van der Waals surface area contributed by atoms with Crippen LogP contribution in [0.5, 0.6) is 11.5 Å². The zero-order valence-electron chi connectivity index (χ0n) is 30.0. The van der Waals surface area contributed by atoms with Crippen LogP contribution in [0.25, 0.3) is 29.0 Å². The fourth-order valence-electron chi connectivity index (χ4n) is 7.39. The molecule has 2 heterocycles. The molecule has 3 aliphatic rings. The standard InChI is InChI=1S/C44H49N2O2S/c1-8-45-38-22-30(3)32(5)24-41(38)49-43(45)26-34-25-33(27-44(6,7)28-34)13-11-18-42-46(37-21-29(2)31(4)23-40(37)48-42)19-20-47-39-17-12-15-35-14-9-10-16-36(35)39/h9-18,21-26,30,32H,8,19-20,27-28H2,1-7H3/q+1. The van der Waals surface area contributed by atoms with Gasteiger partial charge in [-0.2, -0.15) is 4.57 Å². The van der Waals surface area contributed by atoms with E-state index in [2.05, 4.69) is 155 Å². The van der Waals surface area contributed by atoms with Crippen LogP contribution in [0.4, 0.5) is 5.69 Å². The van der Waals surface area contributed by atoms with Crippen molar-refractivity contribution in [1.82, 2.24) is 0 Å². The number of ether oxygens (including phenoxy) is 2. The zero-order chi connectivity index (χ0) is 34.3. The third kappa shape index (κ3) is 6.91. The largest absolute Gasteiger partial charge is 0.491 e. The van der Waals surface area contributed by atoms with Gasteiger partial charge in [-0.15, -0.1) is 0 Å². The highest BCUT2D eigenvalue weighted by Crippen LogP contribution is 2.42. The van der Waals surface area contributed by atoms with Gasteiger partial charge in [0.2, 0.25) is 11.2 Å². The van der Waals surface area contributed by atoms with Crippen molar-refractivity contribution in [3.63, 3.8) is 0 Å². The average molecular weight is 670 g/mol. The number of aryl methyl sites for hydroxylation is 2. The molecule has 0 fully saturated rings. The van der Waals surface area contributed by atoms with E-state index in [4.69, 9.17) is 9.47 Å². The minimum Gasteiger partial charge on any atom is -0.491 e. The molecule has 252 valence electrons.